The Bertz CT molecular complexity index is 756. The number of aromatic nitrogens is 2. The zero-order valence-electron chi connectivity index (χ0n) is 13.6. The highest BCUT2D eigenvalue weighted by Crippen LogP contribution is 2.22. The van der Waals surface area contributed by atoms with Crippen molar-refractivity contribution in [2.24, 2.45) is 0 Å². The summed E-state index contributed by atoms with van der Waals surface area (Å²) in [7, 11) is 0. The molecule has 0 unspecified atom stereocenters. The van der Waals surface area contributed by atoms with Crippen LogP contribution >= 0.6 is 0 Å². The van der Waals surface area contributed by atoms with E-state index in [2.05, 4.69) is 43.6 Å². The lowest BCUT2D eigenvalue weighted by Gasteiger charge is -2.28. The average molecular weight is 326 g/mol. The quantitative estimate of drug-likeness (QED) is 0.856. The van der Waals surface area contributed by atoms with Gasteiger partial charge in [-0.25, -0.2) is 15.4 Å². The highest BCUT2D eigenvalue weighted by atomic mass is 16.5. The van der Waals surface area contributed by atoms with Crippen molar-refractivity contribution in [3.63, 3.8) is 0 Å². The van der Waals surface area contributed by atoms with Gasteiger partial charge in [-0.3, -0.25) is 4.90 Å². The van der Waals surface area contributed by atoms with Crippen molar-refractivity contribution in [3.05, 3.63) is 36.2 Å². The Kier molecular flexibility index (Phi) is 4.29. The normalized spacial score (nSPS) is 19.0. The van der Waals surface area contributed by atoms with E-state index in [9.17, 15) is 0 Å². The topological polar surface area (TPSA) is 79.5 Å². The van der Waals surface area contributed by atoms with Crippen molar-refractivity contribution >= 4 is 22.4 Å². The number of nitrogens with zero attached hydrogens (tertiary/aromatic N) is 4. The van der Waals surface area contributed by atoms with Crippen molar-refractivity contribution in [3.8, 4) is 0 Å². The molecule has 0 aliphatic carbocycles. The molecule has 7 nitrogen and oxygen atoms in total. The Morgan fingerprint density at radius 2 is 2.08 bits per heavy atom. The predicted molar refractivity (Wildman–Crippen MR) is 93.9 cm³/mol. The van der Waals surface area contributed by atoms with Crippen LogP contribution in [0.3, 0.4) is 0 Å². The third-order valence-corrected chi connectivity index (χ3v) is 4.51. The number of anilines is 1. The second-order valence-corrected chi connectivity index (χ2v) is 6.14. The Hall–Kier alpha value is -2.22. The number of nitrogens with two attached hydrogens (primary N) is 1. The molecule has 4 rings (SSSR count). The zero-order chi connectivity index (χ0) is 16.4. The van der Waals surface area contributed by atoms with Crippen molar-refractivity contribution in [2.75, 3.05) is 51.7 Å². The number of hydrogen-bond acceptors (Lipinski definition) is 7. The SMILES string of the molecule is Nc1ncc2cc(C3=CN(CCN4CCOCC4)NC3)ccc2n1. The van der Waals surface area contributed by atoms with Crippen molar-refractivity contribution in [1.82, 2.24) is 25.3 Å². The summed E-state index contributed by atoms with van der Waals surface area (Å²) < 4.78 is 5.39. The number of ether oxygens (including phenoxy) is 1. The minimum Gasteiger partial charge on any atom is -0.379 e. The summed E-state index contributed by atoms with van der Waals surface area (Å²) in [5.74, 6) is 0.311. The van der Waals surface area contributed by atoms with Gasteiger partial charge in [0.2, 0.25) is 5.95 Å². The molecule has 7 heteroatoms. The van der Waals surface area contributed by atoms with Gasteiger partial charge in [-0.2, -0.15) is 0 Å². The molecular formula is C17H22N6O. The highest BCUT2D eigenvalue weighted by molar-refractivity contribution is 5.83. The minimum atomic E-state index is 0.311. The summed E-state index contributed by atoms with van der Waals surface area (Å²) >= 11 is 0. The van der Waals surface area contributed by atoms with Crippen LogP contribution in [0, 0.1) is 0 Å². The first-order valence-corrected chi connectivity index (χ1v) is 8.31. The number of hydrogen-bond donors (Lipinski definition) is 2. The standard InChI is InChI=1S/C17H22N6O/c18-17-19-10-14-9-13(1-2-16(14)21-17)15-11-20-23(12-15)4-3-22-5-7-24-8-6-22/h1-2,9-10,12,20H,3-8,11H2,(H2,18,19,21). The molecule has 0 saturated carbocycles. The van der Waals surface area contributed by atoms with Crippen molar-refractivity contribution in [2.45, 2.75) is 0 Å². The minimum absolute atomic E-state index is 0.311. The molecule has 3 heterocycles. The van der Waals surface area contributed by atoms with Crippen LogP contribution in [-0.4, -0.2) is 65.8 Å². The zero-order valence-corrected chi connectivity index (χ0v) is 13.6. The number of fused-ring (bicyclic) bond motifs is 1. The summed E-state index contributed by atoms with van der Waals surface area (Å²) in [5.41, 5.74) is 12.4. The summed E-state index contributed by atoms with van der Waals surface area (Å²) in [6.07, 6.45) is 3.97. The van der Waals surface area contributed by atoms with Crippen LogP contribution in [0.15, 0.2) is 30.6 Å². The maximum atomic E-state index is 5.64. The molecule has 0 amide bonds. The lowest BCUT2D eigenvalue weighted by atomic mass is 10.1. The van der Waals surface area contributed by atoms with E-state index >= 15 is 0 Å². The third-order valence-electron chi connectivity index (χ3n) is 4.51. The van der Waals surface area contributed by atoms with Gasteiger partial charge in [0, 0.05) is 50.5 Å². The number of benzene rings is 1. The molecule has 0 spiro atoms. The smallest absolute Gasteiger partial charge is 0.220 e. The van der Waals surface area contributed by atoms with Gasteiger partial charge in [0.05, 0.1) is 18.7 Å². The lowest BCUT2D eigenvalue weighted by molar-refractivity contribution is 0.0340. The maximum Gasteiger partial charge on any atom is 0.220 e. The molecule has 1 fully saturated rings. The molecule has 0 atom stereocenters. The Morgan fingerprint density at radius 1 is 1.21 bits per heavy atom. The number of rotatable bonds is 4. The largest absolute Gasteiger partial charge is 0.379 e. The summed E-state index contributed by atoms with van der Waals surface area (Å²) in [4.78, 5) is 10.8. The average Bonchev–Trinajstić information content (AvgIpc) is 3.09. The third kappa shape index (κ3) is 3.33. The first-order chi connectivity index (χ1) is 11.8. The molecule has 2 aliphatic heterocycles. The van der Waals surface area contributed by atoms with Gasteiger partial charge in [0.25, 0.3) is 0 Å². The van der Waals surface area contributed by atoms with Gasteiger partial charge in [-0.1, -0.05) is 6.07 Å². The molecule has 1 aromatic heterocycles. The number of hydrazine groups is 1. The summed E-state index contributed by atoms with van der Waals surface area (Å²) in [6, 6.07) is 6.21. The van der Waals surface area contributed by atoms with Crippen LogP contribution in [0.1, 0.15) is 5.56 Å². The fourth-order valence-electron chi connectivity index (χ4n) is 3.11. The second-order valence-electron chi connectivity index (χ2n) is 6.14. The van der Waals surface area contributed by atoms with E-state index in [1.54, 1.807) is 6.20 Å². The molecule has 0 radical (unpaired) electrons. The number of nitrogen functional groups attached to an aromatic ring is 1. The van der Waals surface area contributed by atoms with Gasteiger partial charge in [0.15, 0.2) is 0 Å². The Labute approximate surface area is 141 Å². The van der Waals surface area contributed by atoms with E-state index in [1.807, 2.05) is 6.07 Å². The first kappa shape index (κ1) is 15.3. The van der Waals surface area contributed by atoms with Crippen LogP contribution in [0.25, 0.3) is 16.5 Å². The van der Waals surface area contributed by atoms with E-state index in [-0.39, 0.29) is 0 Å². The predicted octanol–water partition coefficient (Wildman–Crippen LogP) is 0.705. The van der Waals surface area contributed by atoms with Crippen LogP contribution in [-0.2, 0) is 4.74 Å². The van der Waals surface area contributed by atoms with Gasteiger partial charge in [-0.05, 0) is 23.3 Å². The summed E-state index contributed by atoms with van der Waals surface area (Å²) in [5, 5.41) is 3.18. The Balaban J connectivity index is 1.43. The fourth-order valence-corrected chi connectivity index (χ4v) is 3.11. The molecular weight excluding hydrogens is 304 g/mol. The molecule has 126 valence electrons. The van der Waals surface area contributed by atoms with E-state index < -0.39 is 0 Å². The van der Waals surface area contributed by atoms with Crippen molar-refractivity contribution < 1.29 is 4.74 Å². The van der Waals surface area contributed by atoms with E-state index in [0.717, 1.165) is 56.8 Å². The van der Waals surface area contributed by atoms with Gasteiger partial charge in [0.1, 0.15) is 0 Å². The van der Waals surface area contributed by atoms with E-state index in [0.29, 0.717) is 5.95 Å². The van der Waals surface area contributed by atoms with Crippen LogP contribution in [0.5, 0.6) is 0 Å². The monoisotopic (exact) mass is 326 g/mol. The van der Waals surface area contributed by atoms with Crippen LogP contribution in [0.4, 0.5) is 5.95 Å². The molecule has 1 aromatic carbocycles. The van der Waals surface area contributed by atoms with E-state index in [1.165, 1.54) is 11.1 Å². The number of morpholine rings is 1. The van der Waals surface area contributed by atoms with E-state index in [4.69, 9.17) is 10.5 Å². The van der Waals surface area contributed by atoms with Gasteiger partial charge < -0.3 is 15.5 Å². The Morgan fingerprint density at radius 3 is 2.96 bits per heavy atom. The molecule has 2 aromatic rings. The van der Waals surface area contributed by atoms with Gasteiger partial charge in [-0.15, -0.1) is 0 Å². The molecule has 1 saturated heterocycles. The van der Waals surface area contributed by atoms with Crippen molar-refractivity contribution in [1.29, 1.82) is 0 Å². The molecule has 2 aliphatic rings. The highest BCUT2D eigenvalue weighted by Gasteiger charge is 2.16. The second kappa shape index (κ2) is 6.72. The molecule has 3 N–H and O–H groups in total. The lowest BCUT2D eigenvalue weighted by Crippen LogP contribution is -2.42. The number of nitrogens with one attached hydrogen (secondary N) is 1. The molecule has 0 bridgehead atoms. The summed E-state index contributed by atoms with van der Waals surface area (Å²) in [6.45, 7) is 6.60. The fraction of sp³-hybridized carbons (Fsp3) is 0.412. The first-order valence-electron chi connectivity index (χ1n) is 8.31. The maximum absolute atomic E-state index is 5.64. The van der Waals surface area contributed by atoms with Gasteiger partial charge >= 0.3 is 0 Å². The molecule has 24 heavy (non-hydrogen) atoms. The van der Waals surface area contributed by atoms with Crippen LogP contribution in [0.2, 0.25) is 0 Å². The van der Waals surface area contributed by atoms with Crippen LogP contribution < -0.4 is 11.2 Å².